The van der Waals surface area contributed by atoms with Gasteiger partial charge >= 0.3 is 5.97 Å². The summed E-state index contributed by atoms with van der Waals surface area (Å²) in [7, 11) is 0. The summed E-state index contributed by atoms with van der Waals surface area (Å²) < 4.78 is 7.43. The van der Waals surface area contributed by atoms with Crippen molar-refractivity contribution in [3.05, 3.63) is 52.0 Å². The fourth-order valence-corrected chi connectivity index (χ4v) is 4.49. The normalized spacial score (nSPS) is 17.4. The highest BCUT2D eigenvalue weighted by atomic mass is 32.1. The molecule has 6 heteroatoms. The fraction of sp³-hybridized carbons (Fsp3) is 0.381. The van der Waals surface area contributed by atoms with Crippen LogP contribution in [0.1, 0.15) is 52.2 Å². The number of Topliss-reactive ketones (excluding diaryl/α,β-unsaturated/α-hetero) is 1. The van der Waals surface area contributed by atoms with Gasteiger partial charge in [-0.2, -0.15) is 5.10 Å². The minimum absolute atomic E-state index is 0.0393. The largest absolute Gasteiger partial charge is 0.450 e. The summed E-state index contributed by atoms with van der Waals surface area (Å²) in [6.07, 6.45) is 2.39. The van der Waals surface area contributed by atoms with E-state index in [1.165, 1.54) is 16.9 Å². The molecule has 1 aliphatic carbocycles. The van der Waals surface area contributed by atoms with Crippen molar-refractivity contribution in [3.63, 3.8) is 0 Å². The Labute approximate surface area is 161 Å². The van der Waals surface area contributed by atoms with Gasteiger partial charge in [0.1, 0.15) is 9.71 Å². The van der Waals surface area contributed by atoms with Gasteiger partial charge in [0.2, 0.25) is 0 Å². The van der Waals surface area contributed by atoms with Gasteiger partial charge < -0.3 is 4.74 Å². The van der Waals surface area contributed by atoms with E-state index in [9.17, 15) is 9.59 Å². The van der Waals surface area contributed by atoms with Gasteiger partial charge in [-0.1, -0.05) is 29.8 Å². The summed E-state index contributed by atoms with van der Waals surface area (Å²) in [5.74, 6) is -0.366. The Morgan fingerprint density at radius 3 is 2.78 bits per heavy atom. The van der Waals surface area contributed by atoms with Crippen molar-refractivity contribution < 1.29 is 14.3 Å². The maximum Gasteiger partial charge on any atom is 0.349 e. The van der Waals surface area contributed by atoms with Crippen LogP contribution in [0.4, 0.5) is 0 Å². The summed E-state index contributed by atoms with van der Waals surface area (Å²) in [5, 5.41) is 5.58. The molecule has 140 valence electrons. The van der Waals surface area contributed by atoms with Gasteiger partial charge in [-0.3, -0.25) is 9.48 Å². The molecule has 1 aromatic carbocycles. The molecule has 0 bridgehead atoms. The lowest BCUT2D eigenvalue weighted by molar-refractivity contribution is -0.129. The molecule has 1 fully saturated rings. The lowest BCUT2D eigenvalue weighted by Crippen LogP contribution is -2.29. The zero-order chi connectivity index (χ0) is 19.0. The van der Waals surface area contributed by atoms with Gasteiger partial charge in [0.05, 0.1) is 12.2 Å². The minimum Gasteiger partial charge on any atom is -0.450 e. The molecular formula is C21H22N2O3S. The van der Waals surface area contributed by atoms with Crippen LogP contribution in [-0.2, 0) is 16.1 Å². The standard InChI is InChI=1S/C21H22N2O3S/c1-13-7-9-15(10-8-13)12-23-20-16(14(2)22-23)11-19(27-20)21(25)26-18-6-4-3-5-17(18)24/h7-11,18H,3-6,12H2,1-2H3/t18-/m1/s1. The molecule has 4 rings (SSSR count). The summed E-state index contributed by atoms with van der Waals surface area (Å²) in [6, 6.07) is 10.2. The number of ether oxygens (including phenoxy) is 1. The predicted octanol–water partition coefficient (Wildman–Crippen LogP) is 4.43. The third-order valence-electron chi connectivity index (χ3n) is 5.01. The zero-order valence-corrected chi connectivity index (χ0v) is 16.3. The van der Waals surface area contributed by atoms with Crippen molar-refractivity contribution in [3.8, 4) is 0 Å². The van der Waals surface area contributed by atoms with Crippen LogP contribution in [0.2, 0.25) is 0 Å². The van der Waals surface area contributed by atoms with Gasteiger partial charge in [0.15, 0.2) is 11.9 Å². The van der Waals surface area contributed by atoms with Crippen LogP contribution in [0.3, 0.4) is 0 Å². The Bertz CT molecular complexity index is 1000. The van der Waals surface area contributed by atoms with Crippen LogP contribution >= 0.6 is 11.3 Å². The first-order valence-corrected chi connectivity index (χ1v) is 10.1. The Kier molecular flexibility index (Phi) is 4.83. The van der Waals surface area contributed by atoms with Crippen molar-refractivity contribution in [2.24, 2.45) is 0 Å². The lowest BCUT2D eigenvalue weighted by atomic mass is 9.96. The second-order valence-corrected chi connectivity index (χ2v) is 8.19. The van der Waals surface area contributed by atoms with E-state index in [4.69, 9.17) is 4.74 Å². The third kappa shape index (κ3) is 3.67. The van der Waals surface area contributed by atoms with E-state index >= 15 is 0 Å². The van der Waals surface area contributed by atoms with Crippen LogP contribution in [0, 0.1) is 13.8 Å². The molecule has 2 aromatic heterocycles. The van der Waals surface area contributed by atoms with Crippen molar-refractivity contribution in [1.29, 1.82) is 0 Å². The van der Waals surface area contributed by atoms with Crippen molar-refractivity contribution >= 4 is 33.3 Å². The van der Waals surface area contributed by atoms with Crippen LogP contribution < -0.4 is 0 Å². The number of thiophene rings is 1. The molecule has 0 spiro atoms. The summed E-state index contributed by atoms with van der Waals surface area (Å²) in [5.41, 5.74) is 3.27. The number of carbonyl (C=O) groups is 2. The van der Waals surface area contributed by atoms with Crippen molar-refractivity contribution in [1.82, 2.24) is 9.78 Å². The maximum absolute atomic E-state index is 12.6. The highest BCUT2D eigenvalue weighted by Crippen LogP contribution is 2.30. The van der Waals surface area contributed by atoms with Gasteiger partial charge in [0.25, 0.3) is 0 Å². The molecule has 0 unspecified atom stereocenters. The van der Waals surface area contributed by atoms with E-state index in [1.807, 2.05) is 17.7 Å². The first-order valence-electron chi connectivity index (χ1n) is 9.27. The van der Waals surface area contributed by atoms with Gasteiger partial charge in [-0.25, -0.2) is 4.79 Å². The molecule has 2 heterocycles. The van der Waals surface area contributed by atoms with E-state index < -0.39 is 12.1 Å². The smallest absolute Gasteiger partial charge is 0.349 e. The molecule has 0 amide bonds. The van der Waals surface area contributed by atoms with Gasteiger partial charge in [-0.05, 0) is 44.7 Å². The molecule has 0 aliphatic heterocycles. The van der Waals surface area contributed by atoms with Crippen LogP contribution in [-0.4, -0.2) is 27.6 Å². The second kappa shape index (κ2) is 7.27. The molecular weight excluding hydrogens is 360 g/mol. The van der Waals surface area contributed by atoms with Crippen LogP contribution in [0.5, 0.6) is 0 Å². The molecule has 1 aliphatic rings. The predicted molar refractivity (Wildman–Crippen MR) is 105 cm³/mol. The average Bonchev–Trinajstić information content (AvgIpc) is 3.21. The number of aromatic nitrogens is 2. The van der Waals surface area contributed by atoms with E-state index in [1.54, 1.807) is 0 Å². The molecule has 1 saturated carbocycles. The molecule has 3 aromatic rings. The quantitative estimate of drug-likeness (QED) is 0.626. The van der Waals surface area contributed by atoms with Gasteiger partial charge in [-0.15, -0.1) is 11.3 Å². The van der Waals surface area contributed by atoms with Crippen molar-refractivity contribution in [2.45, 2.75) is 52.2 Å². The summed E-state index contributed by atoms with van der Waals surface area (Å²) >= 11 is 1.38. The Morgan fingerprint density at radius 1 is 1.26 bits per heavy atom. The number of nitrogens with zero attached hydrogens (tertiary/aromatic N) is 2. The van der Waals surface area contributed by atoms with Crippen LogP contribution in [0.15, 0.2) is 30.3 Å². The summed E-state index contributed by atoms with van der Waals surface area (Å²) in [6.45, 7) is 4.66. The monoisotopic (exact) mass is 382 g/mol. The van der Waals surface area contributed by atoms with Gasteiger partial charge in [0, 0.05) is 11.8 Å². The maximum atomic E-state index is 12.6. The minimum atomic E-state index is -0.582. The molecule has 0 saturated heterocycles. The summed E-state index contributed by atoms with van der Waals surface area (Å²) in [4.78, 5) is 26.0. The third-order valence-corrected chi connectivity index (χ3v) is 6.14. The molecule has 0 N–H and O–H groups in total. The van der Waals surface area contributed by atoms with E-state index in [0.717, 1.165) is 34.3 Å². The molecule has 5 nitrogen and oxygen atoms in total. The molecule has 0 radical (unpaired) electrons. The molecule has 1 atom stereocenters. The number of esters is 1. The first kappa shape index (κ1) is 17.9. The average molecular weight is 382 g/mol. The zero-order valence-electron chi connectivity index (χ0n) is 15.5. The number of rotatable bonds is 4. The number of hydrogen-bond donors (Lipinski definition) is 0. The fourth-order valence-electron chi connectivity index (χ4n) is 3.45. The highest BCUT2D eigenvalue weighted by Gasteiger charge is 2.27. The number of ketones is 1. The first-order chi connectivity index (χ1) is 13.0. The number of aryl methyl sites for hydroxylation is 2. The van der Waals surface area contributed by atoms with Crippen molar-refractivity contribution in [2.75, 3.05) is 0 Å². The Morgan fingerprint density at radius 2 is 2.04 bits per heavy atom. The van der Waals surface area contributed by atoms with E-state index in [2.05, 4.69) is 36.3 Å². The van der Waals surface area contributed by atoms with E-state index in [0.29, 0.717) is 24.3 Å². The SMILES string of the molecule is Cc1ccc(Cn2nc(C)c3cc(C(=O)O[C@@H]4CCCCC4=O)sc32)cc1. The van der Waals surface area contributed by atoms with Crippen LogP contribution in [0.25, 0.3) is 10.2 Å². The van der Waals surface area contributed by atoms with E-state index in [-0.39, 0.29) is 5.78 Å². The Balaban J connectivity index is 1.57. The second-order valence-electron chi connectivity index (χ2n) is 7.16. The number of carbonyl (C=O) groups excluding carboxylic acids is 2. The Hall–Kier alpha value is -2.47. The number of fused-ring (bicyclic) bond motifs is 1. The number of hydrogen-bond acceptors (Lipinski definition) is 5. The number of benzene rings is 1. The lowest BCUT2D eigenvalue weighted by Gasteiger charge is -2.20. The molecule has 27 heavy (non-hydrogen) atoms. The topological polar surface area (TPSA) is 61.2 Å². The highest BCUT2D eigenvalue weighted by molar-refractivity contribution is 7.20.